The fourth-order valence-electron chi connectivity index (χ4n) is 2.68. The van der Waals surface area contributed by atoms with Gasteiger partial charge in [-0.3, -0.25) is 14.5 Å². The number of carbonyl (C=O) groups is 2. The fourth-order valence-corrected chi connectivity index (χ4v) is 3.60. The van der Waals surface area contributed by atoms with Gasteiger partial charge in [-0.05, 0) is 72.8 Å². The van der Waals surface area contributed by atoms with Crippen LogP contribution in [-0.4, -0.2) is 29.2 Å². The van der Waals surface area contributed by atoms with Gasteiger partial charge in [0.1, 0.15) is 5.75 Å². The zero-order valence-electron chi connectivity index (χ0n) is 15.2. The first-order valence-electron chi connectivity index (χ1n) is 8.25. The molecule has 1 aromatic rings. The summed E-state index contributed by atoms with van der Waals surface area (Å²) in [7, 11) is 1.66. The van der Waals surface area contributed by atoms with Crippen molar-refractivity contribution in [1.82, 2.24) is 4.90 Å². The van der Waals surface area contributed by atoms with Crippen LogP contribution in [0.25, 0.3) is 6.08 Å². The highest BCUT2D eigenvalue weighted by molar-refractivity contribution is 8.18. The first-order chi connectivity index (χ1) is 11.3. The Hall–Kier alpha value is -1.75. The molecule has 0 unspecified atom stereocenters. The number of methoxy groups -OCH3 is 1. The van der Waals surface area contributed by atoms with E-state index in [9.17, 15) is 9.59 Å². The molecule has 0 saturated carbocycles. The summed E-state index contributed by atoms with van der Waals surface area (Å²) >= 11 is 1.02. The second kappa shape index (κ2) is 7.43. The molecule has 130 valence electrons. The van der Waals surface area contributed by atoms with Gasteiger partial charge in [0.2, 0.25) is 0 Å². The van der Waals surface area contributed by atoms with Crippen LogP contribution in [0.4, 0.5) is 4.79 Å². The van der Waals surface area contributed by atoms with E-state index in [0.717, 1.165) is 40.6 Å². The molecule has 5 heteroatoms. The SMILES string of the molecule is CC[C@H](C)N1C(=O)S/C(=C/c2cc(C(C)C)c(OC)cc2C)C1=O. The van der Waals surface area contributed by atoms with Crippen LogP contribution in [0.2, 0.25) is 0 Å². The zero-order valence-corrected chi connectivity index (χ0v) is 16.0. The van der Waals surface area contributed by atoms with Gasteiger partial charge >= 0.3 is 0 Å². The van der Waals surface area contributed by atoms with Crippen LogP contribution in [0, 0.1) is 6.92 Å². The number of nitrogens with zero attached hydrogens (tertiary/aromatic N) is 1. The van der Waals surface area contributed by atoms with Crippen molar-refractivity contribution in [3.05, 3.63) is 33.7 Å². The Balaban J connectivity index is 2.43. The molecule has 0 bridgehead atoms. The third-order valence-electron chi connectivity index (χ3n) is 4.38. The van der Waals surface area contributed by atoms with Gasteiger partial charge in [0.15, 0.2) is 0 Å². The Morgan fingerprint density at radius 3 is 2.46 bits per heavy atom. The van der Waals surface area contributed by atoms with Crippen molar-refractivity contribution < 1.29 is 14.3 Å². The van der Waals surface area contributed by atoms with E-state index in [0.29, 0.717) is 10.8 Å². The van der Waals surface area contributed by atoms with Gasteiger partial charge in [-0.2, -0.15) is 0 Å². The number of hydrogen-bond donors (Lipinski definition) is 0. The highest BCUT2D eigenvalue weighted by Crippen LogP contribution is 2.36. The van der Waals surface area contributed by atoms with Crippen LogP contribution in [0.5, 0.6) is 5.75 Å². The number of rotatable bonds is 5. The van der Waals surface area contributed by atoms with Gasteiger partial charge < -0.3 is 4.74 Å². The van der Waals surface area contributed by atoms with Gasteiger partial charge in [-0.15, -0.1) is 0 Å². The topological polar surface area (TPSA) is 46.6 Å². The Kier molecular flexibility index (Phi) is 5.75. The van der Waals surface area contributed by atoms with Gasteiger partial charge in [-0.25, -0.2) is 0 Å². The van der Waals surface area contributed by atoms with E-state index in [4.69, 9.17) is 4.74 Å². The summed E-state index contributed by atoms with van der Waals surface area (Å²) in [5.41, 5.74) is 3.07. The average Bonchev–Trinajstić information content (AvgIpc) is 2.81. The van der Waals surface area contributed by atoms with Crippen LogP contribution in [-0.2, 0) is 4.79 Å². The van der Waals surface area contributed by atoms with Crippen LogP contribution < -0.4 is 4.74 Å². The van der Waals surface area contributed by atoms with Crippen molar-refractivity contribution >= 4 is 29.0 Å². The summed E-state index contributed by atoms with van der Waals surface area (Å²) < 4.78 is 5.46. The highest BCUT2D eigenvalue weighted by atomic mass is 32.2. The molecular formula is C19H25NO3S. The minimum absolute atomic E-state index is 0.0772. The van der Waals surface area contributed by atoms with Gasteiger partial charge in [0, 0.05) is 6.04 Å². The molecule has 1 aliphatic rings. The van der Waals surface area contributed by atoms with Crippen LogP contribution in [0.15, 0.2) is 17.0 Å². The third-order valence-corrected chi connectivity index (χ3v) is 5.27. The lowest BCUT2D eigenvalue weighted by Gasteiger charge is -2.19. The third kappa shape index (κ3) is 3.51. The summed E-state index contributed by atoms with van der Waals surface area (Å²) in [4.78, 5) is 26.6. The molecule has 1 atom stereocenters. The maximum atomic E-state index is 12.6. The van der Waals surface area contributed by atoms with E-state index in [1.165, 1.54) is 4.90 Å². The predicted molar refractivity (Wildman–Crippen MR) is 99.4 cm³/mol. The molecule has 0 radical (unpaired) electrons. The Bertz CT molecular complexity index is 694. The number of imide groups is 1. The molecule has 1 aliphatic heterocycles. The number of aryl methyl sites for hydroxylation is 1. The minimum atomic E-state index is -0.194. The Labute approximate surface area is 148 Å². The second-order valence-electron chi connectivity index (χ2n) is 6.41. The zero-order chi connectivity index (χ0) is 18.0. The van der Waals surface area contributed by atoms with E-state index in [-0.39, 0.29) is 17.2 Å². The summed E-state index contributed by atoms with van der Waals surface area (Å²) in [5, 5.41) is -0.184. The molecule has 1 aromatic carbocycles. The number of hydrogen-bond acceptors (Lipinski definition) is 4. The number of carbonyl (C=O) groups excluding carboxylic acids is 2. The summed E-state index contributed by atoms with van der Waals surface area (Å²) in [6, 6.07) is 3.96. The van der Waals surface area contributed by atoms with Crippen molar-refractivity contribution in [3.8, 4) is 5.75 Å². The van der Waals surface area contributed by atoms with Crippen molar-refractivity contribution in [1.29, 1.82) is 0 Å². The van der Waals surface area contributed by atoms with E-state index in [1.807, 2.05) is 32.9 Å². The van der Waals surface area contributed by atoms with Crippen LogP contribution >= 0.6 is 11.8 Å². The first-order valence-corrected chi connectivity index (χ1v) is 9.07. The molecule has 1 heterocycles. The van der Waals surface area contributed by atoms with Crippen LogP contribution in [0.1, 0.15) is 56.7 Å². The molecule has 24 heavy (non-hydrogen) atoms. The fraction of sp³-hybridized carbons (Fsp3) is 0.474. The van der Waals surface area contributed by atoms with Crippen molar-refractivity contribution in [3.63, 3.8) is 0 Å². The van der Waals surface area contributed by atoms with Crippen LogP contribution in [0.3, 0.4) is 0 Å². The normalized spacial score (nSPS) is 18.0. The average molecular weight is 347 g/mol. The molecule has 0 aromatic heterocycles. The highest BCUT2D eigenvalue weighted by Gasteiger charge is 2.37. The van der Waals surface area contributed by atoms with E-state index < -0.39 is 0 Å². The van der Waals surface area contributed by atoms with Crippen molar-refractivity contribution in [2.24, 2.45) is 0 Å². The maximum absolute atomic E-state index is 12.6. The lowest BCUT2D eigenvalue weighted by atomic mass is 9.96. The first kappa shape index (κ1) is 18.6. The molecular weight excluding hydrogens is 322 g/mol. The van der Waals surface area contributed by atoms with Crippen molar-refractivity contribution in [2.75, 3.05) is 7.11 Å². The van der Waals surface area contributed by atoms with Gasteiger partial charge in [0.05, 0.1) is 12.0 Å². The lowest BCUT2D eigenvalue weighted by Crippen LogP contribution is -2.36. The molecule has 0 spiro atoms. The van der Waals surface area contributed by atoms with Gasteiger partial charge in [0.25, 0.3) is 11.1 Å². The molecule has 1 fully saturated rings. The molecule has 0 N–H and O–H groups in total. The monoisotopic (exact) mass is 347 g/mol. The summed E-state index contributed by atoms with van der Waals surface area (Å²) in [6.07, 6.45) is 2.58. The summed E-state index contributed by atoms with van der Waals surface area (Å²) in [6.45, 7) is 10.1. The molecule has 4 nitrogen and oxygen atoms in total. The smallest absolute Gasteiger partial charge is 0.293 e. The molecule has 2 rings (SSSR count). The molecule has 2 amide bonds. The van der Waals surface area contributed by atoms with Gasteiger partial charge in [-0.1, -0.05) is 20.8 Å². The number of thioether (sulfide) groups is 1. The van der Waals surface area contributed by atoms with E-state index in [1.54, 1.807) is 7.11 Å². The summed E-state index contributed by atoms with van der Waals surface area (Å²) in [5.74, 6) is 0.968. The predicted octanol–water partition coefficient (Wildman–Crippen LogP) is 4.96. The Morgan fingerprint density at radius 2 is 1.92 bits per heavy atom. The largest absolute Gasteiger partial charge is 0.496 e. The number of benzene rings is 1. The molecule has 0 aliphatic carbocycles. The molecule has 1 saturated heterocycles. The maximum Gasteiger partial charge on any atom is 0.293 e. The number of amides is 2. The standard InChI is InChI=1S/C19H25NO3S/c1-7-13(5)20-18(21)17(24-19(20)22)10-14-9-15(11(2)3)16(23-6)8-12(14)4/h8-11,13H,7H2,1-6H3/b17-10+/t13-/m0/s1. The quantitative estimate of drug-likeness (QED) is 0.706. The van der Waals surface area contributed by atoms with E-state index in [2.05, 4.69) is 19.9 Å². The minimum Gasteiger partial charge on any atom is -0.496 e. The van der Waals surface area contributed by atoms with Crippen molar-refractivity contribution in [2.45, 2.75) is 53.0 Å². The lowest BCUT2D eigenvalue weighted by molar-refractivity contribution is -0.124. The Morgan fingerprint density at radius 1 is 1.25 bits per heavy atom. The number of ether oxygens (including phenoxy) is 1. The van der Waals surface area contributed by atoms with E-state index >= 15 is 0 Å². The second-order valence-corrected chi connectivity index (χ2v) is 7.41.